The van der Waals surface area contributed by atoms with Crippen molar-refractivity contribution in [3.05, 3.63) is 22.7 Å². The minimum Gasteiger partial charge on any atom is -0.354 e. The molecule has 0 spiro atoms. The van der Waals surface area contributed by atoms with Crippen LogP contribution in [-0.2, 0) is 4.79 Å². The Bertz CT molecular complexity index is 434. The van der Waals surface area contributed by atoms with Crippen LogP contribution in [0.4, 0.5) is 10.2 Å². The summed E-state index contributed by atoms with van der Waals surface area (Å²) in [6.07, 6.45) is 0.986. The Morgan fingerprint density at radius 2 is 2.19 bits per heavy atom. The van der Waals surface area contributed by atoms with Crippen molar-refractivity contribution in [1.29, 1.82) is 0 Å². The van der Waals surface area contributed by atoms with Crippen molar-refractivity contribution in [1.82, 2.24) is 9.97 Å². The maximum Gasteiger partial charge on any atom is 0.310 e. The van der Waals surface area contributed by atoms with E-state index in [0.29, 0.717) is 5.82 Å². The molecule has 0 aromatic carbocycles. The predicted octanol–water partition coefficient (Wildman–Crippen LogP) is 1.41. The van der Waals surface area contributed by atoms with Crippen molar-refractivity contribution < 1.29 is 9.18 Å². The number of anilines is 1. The normalized spacial score (nSPS) is 11.0. The third-order valence-electron chi connectivity index (χ3n) is 1.91. The summed E-state index contributed by atoms with van der Waals surface area (Å²) in [6, 6.07) is 0. The highest BCUT2D eigenvalue weighted by molar-refractivity contribution is 5.88. The molecule has 1 heterocycles. The number of nitrogens with one attached hydrogen (secondary N) is 1. The highest BCUT2D eigenvalue weighted by atomic mass is 19.1. The van der Waals surface area contributed by atoms with Gasteiger partial charge in [0, 0.05) is 5.18 Å². The molecule has 1 rings (SSSR count). The van der Waals surface area contributed by atoms with Gasteiger partial charge in [0.05, 0.1) is 6.20 Å². The van der Waals surface area contributed by atoms with Gasteiger partial charge in [-0.2, -0.15) is 0 Å². The van der Waals surface area contributed by atoms with E-state index in [1.807, 2.05) is 0 Å². The van der Waals surface area contributed by atoms with Crippen LogP contribution in [0.25, 0.3) is 0 Å². The van der Waals surface area contributed by atoms with Gasteiger partial charge in [0.25, 0.3) is 0 Å². The number of halogens is 1. The fraction of sp³-hybridized carbons (Fsp3) is 0.444. The number of amides is 1. The van der Waals surface area contributed by atoms with E-state index in [0.717, 1.165) is 6.20 Å². The number of hydrogen-bond donors (Lipinski definition) is 1. The summed E-state index contributed by atoms with van der Waals surface area (Å²) in [5.41, 5.74) is -1.30. The van der Waals surface area contributed by atoms with Crippen LogP contribution < -0.4 is 5.32 Å². The monoisotopic (exact) mass is 226 g/mol. The van der Waals surface area contributed by atoms with E-state index in [1.165, 1.54) is 13.8 Å². The van der Waals surface area contributed by atoms with Gasteiger partial charge in [0.1, 0.15) is 11.4 Å². The molecule has 7 heteroatoms. The lowest BCUT2D eigenvalue weighted by Gasteiger charge is -2.21. The summed E-state index contributed by atoms with van der Waals surface area (Å²) in [5.74, 6) is -1.40. The standard InChI is InChI=1S/C9H11FN4O2/c1-5-11-4-6(10)7(12-5)13-9(2,3)8(15)14-16/h4H,1-3H3,(H,11,12,13). The first-order chi connectivity index (χ1) is 7.36. The van der Waals surface area contributed by atoms with E-state index < -0.39 is 17.3 Å². The van der Waals surface area contributed by atoms with Crippen molar-refractivity contribution in [3.8, 4) is 0 Å². The second-order valence-corrected chi connectivity index (χ2v) is 3.76. The van der Waals surface area contributed by atoms with Gasteiger partial charge < -0.3 is 5.32 Å². The van der Waals surface area contributed by atoms with Gasteiger partial charge in [-0.3, -0.25) is 4.79 Å². The molecule has 0 atom stereocenters. The first kappa shape index (κ1) is 12.2. The quantitative estimate of drug-likeness (QED) is 0.787. The molecule has 6 nitrogen and oxygen atoms in total. The fourth-order valence-electron chi connectivity index (χ4n) is 1.01. The Morgan fingerprint density at radius 3 is 2.75 bits per heavy atom. The van der Waals surface area contributed by atoms with Crippen LogP contribution in [0.2, 0.25) is 0 Å². The number of hydrogen-bond acceptors (Lipinski definition) is 5. The lowest BCUT2D eigenvalue weighted by Crippen LogP contribution is -2.39. The van der Waals surface area contributed by atoms with E-state index in [9.17, 15) is 14.1 Å². The second-order valence-electron chi connectivity index (χ2n) is 3.76. The first-order valence-electron chi connectivity index (χ1n) is 4.52. The van der Waals surface area contributed by atoms with Gasteiger partial charge in [-0.25, -0.2) is 14.4 Å². The molecule has 0 unspecified atom stereocenters. The van der Waals surface area contributed by atoms with Gasteiger partial charge in [-0.05, 0) is 20.8 Å². The van der Waals surface area contributed by atoms with Crippen LogP contribution in [0.3, 0.4) is 0 Å². The van der Waals surface area contributed by atoms with Crippen LogP contribution in [0, 0.1) is 17.6 Å². The summed E-state index contributed by atoms with van der Waals surface area (Å²) in [4.78, 5) is 28.7. The van der Waals surface area contributed by atoms with E-state index in [2.05, 4.69) is 20.5 Å². The minimum absolute atomic E-state index is 0.130. The lowest BCUT2D eigenvalue weighted by atomic mass is 10.1. The maximum absolute atomic E-state index is 13.3. The van der Waals surface area contributed by atoms with Crippen molar-refractivity contribution >= 4 is 11.7 Å². The third-order valence-corrected chi connectivity index (χ3v) is 1.91. The number of nitroso groups, excluding NO2 is 1. The molecule has 0 aliphatic rings. The number of carbonyl (C=O) groups is 1. The summed E-state index contributed by atoms with van der Waals surface area (Å²) < 4.78 is 13.3. The number of nitrogens with zero attached hydrogens (tertiary/aromatic N) is 3. The Labute approximate surface area is 91.3 Å². The number of rotatable bonds is 3. The second kappa shape index (κ2) is 4.30. The third kappa shape index (κ3) is 2.56. The molecule has 0 fully saturated rings. The summed E-state index contributed by atoms with van der Waals surface area (Å²) in [7, 11) is 0. The van der Waals surface area contributed by atoms with Gasteiger partial charge in [-0.15, -0.1) is 4.91 Å². The van der Waals surface area contributed by atoms with E-state index >= 15 is 0 Å². The lowest BCUT2D eigenvalue weighted by molar-refractivity contribution is -0.121. The maximum atomic E-state index is 13.3. The zero-order valence-electron chi connectivity index (χ0n) is 9.11. The average Bonchev–Trinajstić information content (AvgIpc) is 2.22. The number of carbonyl (C=O) groups excluding carboxylic acids is 1. The molecule has 0 radical (unpaired) electrons. The Kier molecular flexibility index (Phi) is 3.26. The molecular formula is C9H11FN4O2. The summed E-state index contributed by atoms with van der Waals surface area (Å²) in [5, 5.41) is 4.80. The van der Waals surface area contributed by atoms with E-state index in [-0.39, 0.29) is 5.82 Å². The molecule has 1 N–H and O–H groups in total. The van der Waals surface area contributed by atoms with Gasteiger partial charge in [0.2, 0.25) is 0 Å². The molecule has 1 amide bonds. The molecule has 0 saturated carbocycles. The van der Waals surface area contributed by atoms with Crippen LogP contribution in [0.5, 0.6) is 0 Å². The van der Waals surface area contributed by atoms with Crippen molar-refractivity contribution in [2.45, 2.75) is 26.3 Å². The van der Waals surface area contributed by atoms with Crippen LogP contribution in [0.1, 0.15) is 19.7 Å². The highest BCUT2D eigenvalue weighted by Crippen LogP contribution is 2.17. The molecular weight excluding hydrogens is 215 g/mol. The highest BCUT2D eigenvalue weighted by Gasteiger charge is 2.29. The topological polar surface area (TPSA) is 84.3 Å². The van der Waals surface area contributed by atoms with E-state index in [1.54, 1.807) is 6.92 Å². The van der Waals surface area contributed by atoms with Crippen LogP contribution in [0.15, 0.2) is 11.4 Å². The minimum atomic E-state index is -1.30. The molecule has 16 heavy (non-hydrogen) atoms. The van der Waals surface area contributed by atoms with E-state index in [4.69, 9.17) is 0 Å². The van der Waals surface area contributed by atoms with Crippen LogP contribution in [-0.4, -0.2) is 21.4 Å². The molecule has 86 valence electrons. The predicted molar refractivity (Wildman–Crippen MR) is 55.2 cm³/mol. The SMILES string of the molecule is Cc1ncc(F)c(NC(C)(C)C(=O)N=O)n1. The van der Waals surface area contributed by atoms with Gasteiger partial charge >= 0.3 is 5.91 Å². The Balaban J connectivity index is 3.00. The summed E-state index contributed by atoms with van der Waals surface area (Å²) in [6.45, 7) is 4.40. The molecule has 1 aromatic rings. The number of aromatic nitrogens is 2. The molecule has 0 bridgehead atoms. The largest absolute Gasteiger partial charge is 0.354 e. The molecule has 0 saturated heterocycles. The summed E-state index contributed by atoms with van der Waals surface area (Å²) >= 11 is 0. The van der Waals surface area contributed by atoms with Gasteiger partial charge in [0.15, 0.2) is 11.6 Å². The van der Waals surface area contributed by atoms with Crippen LogP contribution >= 0.6 is 0 Å². The smallest absolute Gasteiger partial charge is 0.310 e. The molecule has 0 aliphatic heterocycles. The zero-order valence-corrected chi connectivity index (χ0v) is 9.11. The number of aryl methyl sites for hydroxylation is 1. The Morgan fingerprint density at radius 1 is 1.56 bits per heavy atom. The van der Waals surface area contributed by atoms with Crippen molar-refractivity contribution in [2.24, 2.45) is 5.18 Å². The molecule has 0 aliphatic carbocycles. The van der Waals surface area contributed by atoms with Crippen molar-refractivity contribution in [2.75, 3.05) is 5.32 Å². The zero-order chi connectivity index (χ0) is 12.3. The first-order valence-corrected chi connectivity index (χ1v) is 4.52. The fourth-order valence-corrected chi connectivity index (χ4v) is 1.01. The molecule has 1 aromatic heterocycles. The Hall–Kier alpha value is -1.92. The van der Waals surface area contributed by atoms with Gasteiger partial charge in [-0.1, -0.05) is 0 Å². The average molecular weight is 226 g/mol. The van der Waals surface area contributed by atoms with Crippen molar-refractivity contribution in [3.63, 3.8) is 0 Å².